The van der Waals surface area contributed by atoms with Crippen LogP contribution in [0.25, 0.3) is 16.3 Å². The molecule has 1 aliphatic heterocycles. The number of nitrogens with zero attached hydrogens (tertiary/aromatic N) is 1. The minimum absolute atomic E-state index is 0.0236. The molecular formula is C31H33NO3. The highest BCUT2D eigenvalue weighted by molar-refractivity contribution is 6.19. The molecule has 5 rings (SSSR count). The van der Waals surface area contributed by atoms with Crippen LogP contribution in [-0.2, 0) is 0 Å². The second kappa shape index (κ2) is 10.9. The third-order valence-electron chi connectivity index (χ3n) is 7.00. The van der Waals surface area contributed by atoms with E-state index in [4.69, 9.17) is 9.47 Å². The number of hydrogen-bond acceptors (Lipinski definition) is 4. The van der Waals surface area contributed by atoms with Gasteiger partial charge in [0, 0.05) is 17.7 Å². The first-order valence-electron chi connectivity index (χ1n) is 12.7. The van der Waals surface area contributed by atoms with Crippen molar-refractivity contribution in [1.29, 1.82) is 0 Å². The Balaban J connectivity index is 1.40. The molecule has 0 unspecified atom stereocenters. The van der Waals surface area contributed by atoms with Crippen molar-refractivity contribution in [3.05, 3.63) is 89.5 Å². The molecule has 1 fully saturated rings. The Morgan fingerprint density at radius 2 is 1.71 bits per heavy atom. The number of ether oxygens (including phenoxy) is 2. The summed E-state index contributed by atoms with van der Waals surface area (Å²) in [6.07, 6.45) is 12.5. The molecule has 35 heavy (non-hydrogen) atoms. The molecule has 0 saturated carbocycles. The first-order valence-corrected chi connectivity index (χ1v) is 12.7. The van der Waals surface area contributed by atoms with Crippen molar-refractivity contribution < 1.29 is 14.3 Å². The van der Waals surface area contributed by atoms with E-state index >= 15 is 0 Å². The zero-order valence-electron chi connectivity index (χ0n) is 20.5. The molecule has 1 saturated heterocycles. The van der Waals surface area contributed by atoms with Crippen molar-refractivity contribution in [3.8, 4) is 11.5 Å². The molecule has 1 heterocycles. The van der Waals surface area contributed by atoms with Crippen LogP contribution in [0.1, 0.15) is 53.6 Å². The van der Waals surface area contributed by atoms with E-state index < -0.39 is 0 Å². The van der Waals surface area contributed by atoms with Gasteiger partial charge in [0.1, 0.15) is 18.1 Å². The summed E-state index contributed by atoms with van der Waals surface area (Å²) in [5.74, 6) is 1.61. The Morgan fingerprint density at radius 3 is 2.46 bits per heavy atom. The van der Waals surface area contributed by atoms with Gasteiger partial charge in [-0.25, -0.2) is 0 Å². The molecule has 4 heteroatoms. The standard InChI is InChI=1S/C31H33NO3/c1-34-27-15-17-29-25(22-27)12-16-28(23-8-4-2-5-9-23)30(29)31(33)24-10-13-26(14-11-24)35-21-20-32-18-6-3-7-19-32/h4,8-17,22H,2-3,5-7,18-21H2,1H3. The predicted octanol–water partition coefficient (Wildman–Crippen LogP) is 6.68. The number of carbonyl (C=O) groups excluding carboxylic acids is 1. The predicted molar refractivity (Wildman–Crippen MR) is 143 cm³/mol. The van der Waals surface area contributed by atoms with E-state index in [9.17, 15) is 4.79 Å². The minimum atomic E-state index is 0.0236. The highest BCUT2D eigenvalue weighted by atomic mass is 16.5. The lowest BCUT2D eigenvalue weighted by molar-refractivity contribution is 0.104. The van der Waals surface area contributed by atoms with Crippen LogP contribution in [-0.4, -0.2) is 44.0 Å². The van der Waals surface area contributed by atoms with Crippen molar-refractivity contribution in [1.82, 2.24) is 4.90 Å². The molecular weight excluding hydrogens is 434 g/mol. The summed E-state index contributed by atoms with van der Waals surface area (Å²) < 4.78 is 11.4. The highest BCUT2D eigenvalue weighted by Crippen LogP contribution is 2.33. The van der Waals surface area contributed by atoms with Gasteiger partial charge in [-0.2, -0.15) is 0 Å². The first kappa shape index (κ1) is 23.4. The van der Waals surface area contributed by atoms with E-state index in [0.29, 0.717) is 12.2 Å². The number of fused-ring (bicyclic) bond motifs is 1. The lowest BCUT2D eigenvalue weighted by atomic mass is 9.87. The fourth-order valence-electron chi connectivity index (χ4n) is 5.06. The van der Waals surface area contributed by atoms with Gasteiger partial charge in [-0.15, -0.1) is 0 Å². The highest BCUT2D eigenvalue weighted by Gasteiger charge is 2.20. The maximum Gasteiger partial charge on any atom is 0.194 e. The topological polar surface area (TPSA) is 38.8 Å². The number of piperidine rings is 1. The third-order valence-corrected chi connectivity index (χ3v) is 7.00. The van der Waals surface area contributed by atoms with Crippen molar-refractivity contribution >= 4 is 22.1 Å². The summed E-state index contributed by atoms with van der Waals surface area (Å²) in [7, 11) is 1.66. The maximum atomic E-state index is 13.9. The van der Waals surface area contributed by atoms with Crippen LogP contribution in [0.15, 0.2) is 72.8 Å². The number of carbonyl (C=O) groups is 1. The molecule has 0 N–H and O–H groups in total. The largest absolute Gasteiger partial charge is 0.497 e. The SMILES string of the molecule is COc1ccc2c(C(=O)c3ccc(OCCN4CCCCC4)cc3)c(C3=CCCC=C3)ccc2c1. The number of ketones is 1. The second-order valence-electron chi connectivity index (χ2n) is 9.32. The number of hydrogen-bond donors (Lipinski definition) is 0. The monoisotopic (exact) mass is 467 g/mol. The van der Waals surface area contributed by atoms with Gasteiger partial charge >= 0.3 is 0 Å². The molecule has 3 aromatic carbocycles. The normalized spacial score (nSPS) is 16.2. The number of likely N-dealkylation sites (tertiary alicyclic amines) is 1. The fraction of sp³-hybridized carbons (Fsp3) is 0.323. The molecule has 3 aromatic rings. The van der Waals surface area contributed by atoms with E-state index in [0.717, 1.165) is 58.4 Å². The average molecular weight is 468 g/mol. The molecule has 1 aliphatic carbocycles. The molecule has 0 spiro atoms. The van der Waals surface area contributed by atoms with E-state index in [1.54, 1.807) is 7.11 Å². The number of rotatable bonds is 8. The summed E-state index contributed by atoms with van der Waals surface area (Å²) in [5.41, 5.74) is 3.49. The van der Waals surface area contributed by atoms with Gasteiger partial charge in [0.05, 0.1) is 7.11 Å². The summed E-state index contributed by atoms with van der Waals surface area (Å²) in [5, 5.41) is 1.93. The Hall–Kier alpha value is -3.37. The molecule has 4 nitrogen and oxygen atoms in total. The molecule has 0 atom stereocenters. The van der Waals surface area contributed by atoms with Gasteiger partial charge in [0.2, 0.25) is 0 Å². The molecule has 2 aliphatic rings. The van der Waals surface area contributed by atoms with Gasteiger partial charge in [0.15, 0.2) is 5.78 Å². The average Bonchev–Trinajstić information content (AvgIpc) is 2.93. The van der Waals surface area contributed by atoms with Gasteiger partial charge in [-0.3, -0.25) is 9.69 Å². The van der Waals surface area contributed by atoms with E-state index in [2.05, 4.69) is 35.3 Å². The van der Waals surface area contributed by atoms with Crippen LogP contribution in [0.2, 0.25) is 0 Å². The quantitative estimate of drug-likeness (QED) is 0.347. The smallest absolute Gasteiger partial charge is 0.194 e. The summed E-state index contributed by atoms with van der Waals surface area (Å²) in [6, 6.07) is 17.6. The van der Waals surface area contributed by atoms with Crippen molar-refractivity contribution in [2.45, 2.75) is 32.1 Å². The molecule has 180 valence electrons. The van der Waals surface area contributed by atoms with Crippen molar-refractivity contribution in [2.75, 3.05) is 33.4 Å². The van der Waals surface area contributed by atoms with Crippen LogP contribution in [0, 0.1) is 0 Å². The van der Waals surface area contributed by atoms with Crippen LogP contribution in [0.4, 0.5) is 0 Å². The molecule has 0 bridgehead atoms. The Morgan fingerprint density at radius 1 is 0.914 bits per heavy atom. The van der Waals surface area contributed by atoms with E-state index in [1.165, 1.54) is 32.4 Å². The van der Waals surface area contributed by atoms with Crippen LogP contribution in [0.3, 0.4) is 0 Å². The first-order chi connectivity index (χ1) is 17.2. The Kier molecular flexibility index (Phi) is 7.29. The summed E-state index contributed by atoms with van der Waals surface area (Å²) >= 11 is 0. The fourth-order valence-corrected chi connectivity index (χ4v) is 5.06. The van der Waals surface area contributed by atoms with Crippen LogP contribution in [0.5, 0.6) is 11.5 Å². The lowest BCUT2D eigenvalue weighted by Crippen LogP contribution is -2.33. The van der Waals surface area contributed by atoms with Crippen LogP contribution >= 0.6 is 0 Å². The number of methoxy groups -OCH3 is 1. The zero-order chi connectivity index (χ0) is 24.0. The number of allylic oxidation sites excluding steroid dienone is 4. The zero-order valence-corrected chi connectivity index (χ0v) is 20.5. The number of benzene rings is 3. The molecule has 0 amide bonds. The van der Waals surface area contributed by atoms with Gasteiger partial charge in [-0.1, -0.05) is 36.8 Å². The van der Waals surface area contributed by atoms with Crippen molar-refractivity contribution in [2.24, 2.45) is 0 Å². The van der Waals surface area contributed by atoms with Gasteiger partial charge in [0.25, 0.3) is 0 Å². The summed E-state index contributed by atoms with van der Waals surface area (Å²) in [4.78, 5) is 16.3. The molecule has 0 aromatic heterocycles. The van der Waals surface area contributed by atoms with Crippen LogP contribution < -0.4 is 9.47 Å². The second-order valence-corrected chi connectivity index (χ2v) is 9.32. The lowest BCUT2D eigenvalue weighted by Gasteiger charge is -2.26. The molecule has 0 radical (unpaired) electrons. The maximum absolute atomic E-state index is 13.9. The van der Waals surface area contributed by atoms with Gasteiger partial charge < -0.3 is 9.47 Å². The Labute approximate surface area is 207 Å². The Bertz CT molecular complexity index is 1250. The van der Waals surface area contributed by atoms with E-state index in [1.807, 2.05) is 42.5 Å². The van der Waals surface area contributed by atoms with Crippen molar-refractivity contribution in [3.63, 3.8) is 0 Å². The minimum Gasteiger partial charge on any atom is -0.497 e. The van der Waals surface area contributed by atoms with E-state index in [-0.39, 0.29) is 5.78 Å². The van der Waals surface area contributed by atoms with Gasteiger partial charge in [-0.05, 0) is 103 Å². The summed E-state index contributed by atoms with van der Waals surface area (Å²) in [6.45, 7) is 3.96. The third kappa shape index (κ3) is 5.33.